The third-order valence-corrected chi connectivity index (χ3v) is 7.52. The first kappa shape index (κ1) is 26.5. The van der Waals surface area contributed by atoms with Crippen LogP contribution in [0.4, 0.5) is 10.5 Å². The summed E-state index contributed by atoms with van der Waals surface area (Å²) >= 11 is 1.24. The Bertz CT molecular complexity index is 1370. The largest absolute Gasteiger partial charge is 0.506 e. The molecule has 11 heteroatoms. The molecule has 39 heavy (non-hydrogen) atoms. The molecule has 0 radical (unpaired) electrons. The third kappa shape index (κ3) is 5.68. The van der Waals surface area contributed by atoms with Gasteiger partial charge in [-0.1, -0.05) is 18.2 Å². The van der Waals surface area contributed by atoms with E-state index in [0.717, 1.165) is 0 Å². The van der Waals surface area contributed by atoms with Gasteiger partial charge in [0.05, 0.1) is 23.3 Å². The minimum absolute atomic E-state index is 0.114. The lowest BCUT2D eigenvalue weighted by molar-refractivity contribution is -0.127. The van der Waals surface area contributed by atoms with Gasteiger partial charge in [0.25, 0.3) is 5.91 Å². The Morgan fingerprint density at radius 1 is 1.05 bits per heavy atom. The minimum atomic E-state index is -0.648. The number of benzene rings is 2. The van der Waals surface area contributed by atoms with Crippen molar-refractivity contribution in [1.29, 1.82) is 0 Å². The summed E-state index contributed by atoms with van der Waals surface area (Å²) in [7, 11) is 0. The van der Waals surface area contributed by atoms with Gasteiger partial charge in [0.1, 0.15) is 27.7 Å². The highest BCUT2D eigenvalue weighted by atomic mass is 32.1. The third-order valence-electron chi connectivity index (χ3n) is 6.76. The number of aromatic nitrogens is 1. The Balaban J connectivity index is 1.35. The topological polar surface area (TPSA) is 121 Å². The molecule has 2 N–H and O–H groups in total. The number of phenols is 1. The van der Waals surface area contributed by atoms with Gasteiger partial charge >= 0.3 is 6.09 Å². The molecule has 10 nitrogen and oxygen atoms in total. The molecule has 1 aromatic heterocycles. The number of aromatic hydroxyl groups is 1. The highest BCUT2D eigenvalue weighted by molar-refractivity contribution is 7.11. The van der Waals surface area contributed by atoms with Crippen LogP contribution in [0.3, 0.4) is 0 Å². The van der Waals surface area contributed by atoms with Crippen LogP contribution in [0.5, 0.6) is 17.2 Å². The van der Waals surface area contributed by atoms with Crippen molar-refractivity contribution in [3.05, 3.63) is 65.1 Å². The number of hydrogen-bond donors (Lipinski definition) is 2. The zero-order valence-electron chi connectivity index (χ0n) is 21.9. The van der Waals surface area contributed by atoms with Crippen molar-refractivity contribution in [2.24, 2.45) is 11.3 Å². The first-order chi connectivity index (χ1) is 18.5. The van der Waals surface area contributed by atoms with E-state index in [-0.39, 0.29) is 42.9 Å². The second-order valence-corrected chi connectivity index (χ2v) is 11.8. The van der Waals surface area contributed by atoms with Crippen LogP contribution in [-0.4, -0.2) is 69.6 Å². The molecule has 204 valence electrons. The van der Waals surface area contributed by atoms with Crippen LogP contribution in [0, 0.1) is 11.3 Å². The number of thiazole rings is 1. The van der Waals surface area contributed by atoms with E-state index in [2.05, 4.69) is 10.3 Å². The summed E-state index contributed by atoms with van der Waals surface area (Å²) in [6.07, 6.45) is 1.06. The SMILES string of the molecule is CC(C)(C)OC(=O)N1CC2(C1)CN(C(=O)c1cncs1)CC2C(=O)Nc1cc(Oc2ccccc2)ccc1O. The zero-order valence-corrected chi connectivity index (χ0v) is 22.7. The van der Waals surface area contributed by atoms with Crippen molar-refractivity contribution in [3.8, 4) is 17.2 Å². The number of anilines is 1. The Morgan fingerprint density at radius 2 is 1.77 bits per heavy atom. The molecule has 0 bridgehead atoms. The fourth-order valence-corrected chi connectivity index (χ4v) is 5.56. The number of carbonyl (C=O) groups is 3. The fourth-order valence-electron chi connectivity index (χ4n) is 4.97. The number of rotatable bonds is 5. The van der Waals surface area contributed by atoms with Gasteiger partial charge in [-0.25, -0.2) is 4.79 Å². The molecule has 2 aliphatic heterocycles. The second-order valence-electron chi connectivity index (χ2n) is 10.9. The lowest BCUT2D eigenvalue weighted by atomic mass is 9.71. The Hall–Kier alpha value is -4.12. The van der Waals surface area contributed by atoms with E-state index >= 15 is 0 Å². The quantitative estimate of drug-likeness (QED) is 0.446. The van der Waals surface area contributed by atoms with Crippen molar-refractivity contribution in [2.45, 2.75) is 26.4 Å². The molecular formula is C28H30N4O6S. The Morgan fingerprint density at radius 3 is 2.44 bits per heavy atom. The van der Waals surface area contributed by atoms with Crippen molar-refractivity contribution >= 4 is 34.9 Å². The van der Waals surface area contributed by atoms with Gasteiger partial charge in [-0.15, -0.1) is 11.3 Å². The van der Waals surface area contributed by atoms with Crippen LogP contribution in [0.25, 0.3) is 0 Å². The average molecular weight is 551 g/mol. The van der Waals surface area contributed by atoms with E-state index < -0.39 is 23.0 Å². The van der Waals surface area contributed by atoms with E-state index in [1.165, 1.54) is 23.6 Å². The summed E-state index contributed by atoms with van der Waals surface area (Å²) in [5.74, 6) is -0.237. The van der Waals surface area contributed by atoms with Gasteiger partial charge in [-0.2, -0.15) is 0 Å². The molecule has 0 saturated carbocycles. The number of ether oxygens (including phenoxy) is 2. The van der Waals surface area contributed by atoms with E-state index in [9.17, 15) is 19.5 Å². The molecule has 1 atom stereocenters. The smallest absolute Gasteiger partial charge is 0.410 e. The standard InChI is InChI=1S/C28H30N4O6S/c1-27(2,3)38-26(36)32-15-28(16-32)14-31(25(35)23-12-29-17-39-23)13-20(28)24(34)30-21-11-19(9-10-22(21)33)37-18-7-5-4-6-8-18/h4-12,17,20,33H,13-16H2,1-3H3,(H,30,34). The maximum absolute atomic E-state index is 13.7. The molecule has 2 fully saturated rings. The molecule has 2 aromatic carbocycles. The normalized spacial score (nSPS) is 18.0. The maximum Gasteiger partial charge on any atom is 0.410 e. The Kier molecular flexibility index (Phi) is 6.94. The van der Waals surface area contributed by atoms with Crippen LogP contribution in [0.15, 0.2) is 60.2 Å². The summed E-state index contributed by atoms with van der Waals surface area (Å²) in [6.45, 7) is 6.42. The molecular weight excluding hydrogens is 520 g/mol. The van der Waals surface area contributed by atoms with Crippen molar-refractivity contribution in [2.75, 3.05) is 31.5 Å². The van der Waals surface area contributed by atoms with E-state index in [4.69, 9.17) is 9.47 Å². The molecule has 5 rings (SSSR count). The summed E-state index contributed by atoms with van der Waals surface area (Å²) in [4.78, 5) is 47.1. The lowest BCUT2D eigenvalue weighted by Gasteiger charge is -2.50. The molecule has 3 aromatic rings. The predicted molar refractivity (Wildman–Crippen MR) is 145 cm³/mol. The summed E-state index contributed by atoms with van der Waals surface area (Å²) < 4.78 is 11.3. The van der Waals surface area contributed by atoms with Gasteiger partial charge in [0.2, 0.25) is 5.91 Å². The molecule has 2 aliphatic rings. The molecule has 1 spiro atoms. The van der Waals surface area contributed by atoms with Gasteiger partial charge in [-0.05, 0) is 45.0 Å². The van der Waals surface area contributed by atoms with Crippen LogP contribution < -0.4 is 10.1 Å². The molecule has 3 amide bonds. The number of hydrogen-bond acceptors (Lipinski definition) is 8. The minimum Gasteiger partial charge on any atom is -0.506 e. The van der Waals surface area contributed by atoms with E-state index in [1.54, 1.807) is 60.3 Å². The monoisotopic (exact) mass is 550 g/mol. The molecule has 0 aliphatic carbocycles. The predicted octanol–water partition coefficient (Wildman–Crippen LogP) is 4.59. The van der Waals surface area contributed by atoms with Crippen molar-refractivity contribution in [1.82, 2.24) is 14.8 Å². The highest BCUT2D eigenvalue weighted by Crippen LogP contribution is 2.46. The number of nitrogens with one attached hydrogen (secondary N) is 1. The first-order valence-corrected chi connectivity index (χ1v) is 13.4. The van der Waals surface area contributed by atoms with Gasteiger partial charge in [0, 0.05) is 37.7 Å². The van der Waals surface area contributed by atoms with Crippen LogP contribution in [0.1, 0.15) is 30.4 Å². The number of amides is 3. The van der Waals surface area contributed by atoms with Crippen LogP contribution >= 0.6 is 11.3 Å². The van der Waals surface area contributed by atoms with E-state index in [1.807, 2.05) is 18.2 Å². The molecule has 3 heterocycles. The average Bonchev–Trinajstić information content (AvgIpc) is 3.53. The van der Waals surface area contributed by atoms with E-state index in [0.29, 0.717) is 22.9 Å². The summed E-state index contributed by atoms with van der Waals surface area (Å²) in [5.41, 5.74) is 0.489. The van der Waals surface area contributed by atoms with Crippen molar-refractivity contribution < 1.29 is 29.0 Å². The number of nitrogens with zero attached hydrogens (tertiary/aromatic N) is 3. The van der Waals surface area contributed by atoms with Gasteiger partial charge in [0.15, 0.2) is 0 Å². The van der Waals surface area contributed by atoms with Gasteiger partial charge < -0.3 is 29.7 Å². The summed E-state index contributed by atoms with van der Waals surface area (Å²) in [6, 6.07) is 13.8. The molecule has 2 saturated heterocycles. The number of phenolic OH excluding ortho intramolecular Hbond substituents is 1. The van der Waals surface area contributed by atoms with Crippen molar-refractivity contribution in [3.63, 3.8) is 0 Å². The highest BCUT2D eigenvalue weighted by Gasteiger charge is 2.59. The Labute approximate surface area is 230 Å². The summed E-state index contributed by atoms with van der Waals surface area (Å²) in [5, 5.41) is 13.3. The van der Waals surface area contributed by atoms with Gasteiger partial charge in [-0.3, -0.25) is 14.6 Å². The number of carbonyl (C=O) groups excluding carboxylic acids is 3. The van der Waals surface area contributed by atoms with Crippen LogP contribution in [-0.2, 0) is 9.53 Å². The molecule has 1 unspecified atom stereocenters. The van der Waals surface area contributed by atoms with Crippen LogP contribution in [0.2, 0.25) is 0 Å². The first-order valence-electron chi connectivity index (χ1n) is 12.6. The number of para-hydroxylation sites is 1. The number of likely N-dealkylation sites (tertiary alicyclic amines) is 2. The second kappa shape index (κ2) is 10.2. The zero-order chi connectivity index (χ0) is 27.8. The maximum atomic E-state index is 13.7. The lowest BCUT2D eigenvalue weighted by Crippen LogP contribution is -2.64. The fraction of sp³-hybridized carbons (Fsp3) is 0.357.